The summed E-state index contributed by atoms with van der Waals surface area (Å²) in [7, 11) is 1.60. The van der Waals surface area contributed by atoms with Crippen molar-refractivity contribution in [3.05, 3.63) is 30.3 Å². The number of benzene rings is 1. The van der Waals surface area contributed by atoms with Crippen LogP contribution in [0, 0.1) is 5.92 Å². The van der Waals surface area contributed by atoms with E-state index in [-0.39, 0.29) is 30.2 Å². The van der Waals surface area contributed by atoms with Crippen molar-refractivity contribution in [2.24, 2.45) is 5.92 Å². The molecular formula is C15H20N2O3. The van der Waals surface area contributed by atoms with Gasteiger partial charge in [0.05, 0.1) is 12.5 Å². The Bertz CT molecular complexity index is 475. The molecule has 2 unspecified atom stereocenters. The molecule has 1 aromatic rings. The number of hydrogen-bond acceptors (Lipinski definition) is 3. The molecule has 1 fully saturated rings. The van der Waals surface area contributed by atoms with Gasteiger partial charge in [0.1, 0.15) is 0 Å². The molecule has 20 heavy (non-hydrogen) atoms. The maximum absolute atomic E-state index is 12.1. The molecule has 1 aliphatic heterocycles. The van der Waals surface area contributed by atoms with Crippen LogP contribution in [0.2, 0.25) is 0 Å². The molecule has 108 valence electrons. The smallest absolute Gasteiger partial charge is 0.227 e. The lowest BCUT2D eigenvalue weighted by molar-refractivity contribution is -0.127. The van der Waals surface area contributed by atoms with Crippen LogP contribution in [-0.4, -0.2) is 38.1 Å². The molecule has 0 bridgehead atoms. The number of para-hydroxylation sites is 1. The van der Waals surface area contributed by atoms with Gasteiger partial charge in [0.25, 0.3) is 0 Å². The largest absolute Gasteiger partial charge is 0.383 e. The minimum absolute atomic E-state index is 0.00394. The first-order valence-electron chi connectivity index (χ1n) is 6.76. The summed E-state index contributed by atoms with van der Waals surface area (Å²) >= 11 is 0. The normalized spacial score (nSPS) is 20.0. The highest BCUT2D eigenvalue weighted by molar-refractivity contribution is 6.00. The molecule has 0 saturated carbocycles. The second-order valence-electron chi connectivity index (χ2n) is 5.11. The van der Waals surface area contributed by atoms with Crippen molar-refractivity contribution in [2.75, 3.05) is 25.2 Å². The highest BCUT2D eigenvalue weighted by atomic mass is 16.5. The Balaban J connectivity index is 1.97. The number of nitrogens with one attached hydrogen (secondary N) is 1. The first kappa shape index (κ1) is 14.5. The van der Waals surface area contributed by atoms with Crippen LogP contribution in [0.4, 0.5) is 5.69 Å². The molecule has 0 radical (unpaired) electrons. The third-order valence-electron chi connectivity index (χ3n) is 3.37. The van der Waals surface area contributed by atoms with Crippen LogP contribution in [0.1, 0.15) is 13.3 Å². The first-order chi connectivity index (χ1) is 9.61. The van der Waals surface area contributed by atoms with Crippen molar-refractivity contribution in [2.45, 2.75) is 19.4 Å². The van der Waals surface area contributed by atoms with Crippen molar-refractivity contribution in [1.82, 2.24) is 5.32 Å². The van der Waals surface area contributed by atoms with Gasteiger partial charge in [0.2, 0.25) is 11.8 Å². The van der Waals surface area contributed by atoms with Gasteiger partial charge in [-0.1, -0.05) is 18.2 Å². The summed E-state index contributed by atoms with van der Waals surface area (Å²) < 4.78 is 4.99. The summed E-state index contributed by atoms with van der Waals surface area (Å²) in [6.45, 7) is 2.79. The van der Waals surface area contributed by atoms with Gasteiger partial charge in [0.15, 0.2) is 0 Å². The summed E-state index contributed by atoms with van der Waals surface area (Å²) in [5.41, 5.74) is 0.845. The number of amides is 2. The highest BCUT2D eigenvalue weighted by Gasteiger charge is 2.35. The van der Waals surface area contributed by atoms with Gasteiger partial charge >= 0.3 is 0 Å². The molecule has 1 aromatic carbocycles. The summed E-state index contributed by atoms with van der Waals surface area (Å²) in [6.07, 6.45) is 0.264. The first-order valence-corrected chi connectivity index (χ1v) is 6.76. The molecule has 5 heteroatoms. The minimum Gasteiger partial charge on any atom is -0.383 e. The number of nitrogens with zero attached hydrogens (tertiary/aromatic N) is 1. The maximum atomic E-state index is 12.1. The van der Waals surface area contributed by atoms with Crippen molar-refractivity contribution in [1.29, 1.82) is 0 Å². The second-order valence-corrected chi connectivity index (χ2v) is 5.11. The van der Waals surface area contributed by atoms with Gasteiger partial charge < -0.3 is 15.0 Å². The van der Waals surface area contributed by atoms with E-state index in [1.807, 2.05) is 37.3 Å². The van der Waals surface area contributed by atoms with Gasteiger partial charge in [-0.25, -0.2) is 0 Å². The summed E-state index contributed by atoms with van der Waals surface area (Å²) in [5.74, 6) is -0.376. The fourth-order valence-corrected chi connectivity index (χ4v) is 2.39. The molecule has 2 atom stereocenters. The molecular weight excluding hydrogens is 256 g/mol. The predicted octanol–water partition coefficient (Wildman–Crippen LogP) is 1.19. The lowest BCUT2D eigenvalue weighted by atomic mass is 10.1. The average Bonchev–Trinajstić information content (AvgIpc) is 2.82. The van der Waals surface area contributed by atoms with Crippen LogP contribution >= 0.6 is 0 Å². The fourth-order valence-electron chi connectivity index (χ4n) is 2.39. The van der Waals surface area contributed by atoms with Crippen molar-refractivity contribution < 1.29 is 14.3 Å². The van der Waals surface area contributed by atoms with Crippen molar-refractivity contribution in [3.63, 3.8) is 0 Å². The Morgan fingerprint density at radius 3 is 2.80 bits per heavy atom. The molecule has 1 saturated heterocycles. The van der Waals surface area contributed by atoms with Crippen LogP contribution in [0.3, 0.4) is 0 Å². The van der Waals surface area contributed by atoms with Crippen LogP contribution in [-0.2, 0) is 14.3 Å². The quantitative estimate of drug-likeness (QED) is 0.879. The molecule has 1 aliphatic rings. The fraction of sp³-hybridized carbons (Fsp3) is 0.467. The maximum Gasteiger partial charge on any atom is 0.227 e. The van der Waals surface area contributed by atoms with E-state index in [0.29, 0.717) is 13.2 Å². The van der Waals surface area contributed by atoms with E-state index in [4.69, 9.17) is 4.74 Å². The van der Waals surface area contributed by atoms with E-state index in [0.717, 1.165) is 5.69 Å². The van der Waals surface area contributed by atoms with E-state index in [9.17, 15) is 9.59 Å². The van der Waals surface area contributed by atoms with Crippen LogP contribution in [0.5, 0.6) is 0 Å². The zero-order chi connectivity index (χ0) is 14.5. The molecule has 1 N–H and O–H groups in total. The van der Waals surface area contributed by atoms with Crippen molar-refractivity contribution in [3.8, 4) is 0 Å². The number of methoxy groups -OCH3 is 1. The number of carbonyl (C=O) groups excluding carboxylic acids is 2. The average molecular weight is 276 g/mol. The number of rotatable bonds is 5. The van der Waals surface area contributed by atoms with Gasteiger partial charge in [-0.2, -0.15) is 0 Å². The zero-order valence-corrected chi connectivity index (χ0v) is 11.8. The van der Waals surface area contributed by atoms with Gasteiger partial charge in [-0.15, -0.1) is 0 Å². The zero-order valence-electron chi connectivity index (χ0n) is 11.8. The Morgan fingerprint density at radius 2 is 2.15 bits per heavy atom. The van der Waals surface area contributed by atoms with Crippen LogP contribution < -0.4 is 10.2 Å². The van der Waals surface area contributed by atoms with E-state index in [1.54, 1.807) is 12.0 Å². The van der Waals surface area contributed by atoms with E-state index in [1.165, 1.54) is 0 Å². The molecule has 1 heterocycles. The molecule has 2 rings (SSSR count). The van der Waals surface area contributed by atoms with E-state index < -0.39 is 0 Å². The highest BCUT2D eigenvalue weighted by Crippen LogP contribution is 2.24. The SMILES string of the molecule is COCC(C)NC(=O)C1CC(=O)N(c2ccccc2)C1. The summed E-state index contributed by atoms with van der Waals surface area (Å²) in [4.78, 5) is 25.8. The third kappa shape index (κ3) is 3.36. The van der Waals surface area contributed by atoms with Gasteiger partial charge in [-0.05, 0) is 19.1 Å². The minimum atomic E-state index is -0.290. The Kier molecular flexibility index (Phi) is 4.74. The molecule has 5 nitrogen and oxygen atoms in total. The van der Waals surface area contributed by atoms with Crippen LogP contribution in [0.25, 0.3) is 0 Å². The number of hydrogen-bond donors (Lipinski definition) is 1. The Hall–Kier alpha value is -1.88. The van der Waals surface area contributed by atoms with Crippen molar-refractivity contribution >= 4 is 17.5 Å². The second kappa shape index (κ2) is 6.52. The lowest BCUT2D eigenvalue weighted by Crippen LogP contribution is -2.40. The summed E-state index contributed by atoms with van der Waals surface area (Å²) in [5, 5.41) is 2.87. The predicted molar refractivity (Wildman–Crippen MR) is 76.4 cm³/mol. The lowest BCUT2D eigenvalue weighted by Gasteiger charge is -2.18. The number of ether oxygens (including phenoxy) is 1. The Morgan fingerprint density at radius 1 is 1.45 bits per heavy atom. The van der Waals surface area contributed by atoms with Gasteiger partial charge in [-0.3, -0.25) is 9.59 Å². The molecule has 0 aliphatic carbocycles. The molecule has 0 aromatic heterocycles. The Labute approximate surface area is 118 Å². The topological polar surface area (TPSA) is 58.6 Å². The third-order valence-corrected chi connectivity index (χ3v) is 3.37. The van der Waals surface area contributed by atoms with E-state index >= 15 is 0 Å². The monoisotopic (exact) mass is 276 g/mol. The van der Waals surface area contributed by atoms with Gasteiger partial charge in [0, 0.05) is 31.8 Å². The standard InChI is InChI=1S/C15H20N2O3/c1-11(10-20-2)16-15(19)12-8-14(18)17(9-12)13-6-4-3-5-7-13/h3-7,11-12H,8-10H2,1-2H3,(H,16,19). The molecule has 2 amide bonds. The number of carbonyl (C=O) groups is 2. The summed E-state index contributed by atoms with van der Waals surface area (Å²) in [6, 6.07) is 9.39. The number of anilines is 1. The van der Waals surface area contributed by atoms with Crippen LogP contribution in [0.15, 0.2) is 30.3 Å². The molecule has 0 spiro atoms. The van der Waals surface area contributed by atoms with E-state index in [2.05, 4.69) is 5.32 Å².